The molecule has 10 heteroatoms. The first-order valence-electron chi connectivity index (χ1n) is 28.2. The average molecular weight is 1080 g/mol. The van der Waals surface area contributed by atoms with Gasteiger partial charge in [-0.05, 0) is 179 Å². The van der Waals surface area contributed by atoms with Crippen LogP contribution in [-0.4, -0.2) is 18.5 Å². The Morgan fingerprint density at radius 3 is 1.98 bits per heavy atom. The van der Waals surface area contributed by atoms with E-state index in [2.05, 4.69) is 57.3 Å². The number of ether oxygens (including phenoxy) is 3. The second-order valence-electron chi connectivity index (χ2n) is 22.3. The summed E-state index contributed by atoms with van der Waals surface area (Å²) in [7, 11) is 0. The number of halogens is 4. The molecule has 1 saturated carbocycles. The van der Waals surface area contributed by atoms with Crippen LogP contribution in [-0.2, 0) is 17.2 Å². The van der Waals surface area contributed by atoms with Gasteiger partial charge in [0.15, 0.2) is 5.60 Å². The minimum absolute atomic E-state index is 0.251. The number of carbonyl (C=O) groups is 2. The molecule has 1 N–H and O–H groups in total. The Balaban J connectivity index is 0.819. The topological polar surface area (TPSA) is 73.9 Å². The Morgan fingerprint density at radius 1 is 0.675 bits per heavy atom. The third kappa shape index (κ3) is 10.6. The van der Waals surface area contributed by atoms with E-state index in [9.17, 15) is 27.2 Å². The number of unbranched alkanes of at least 4 members (excludes halogenated alkanes) is 3. The van der Waals surface area contributed by atoms with Crippen molar-refractivity contribution in [1.82, 2.24) is 0 Å². The number of hydrogen-bond acceptors (Lipinski definition) is 5. The minimum Gasteiger partial charge on any atom is -0.494 e. The summed E-state index contributed by atoms with van der Waals surface area (Å²) in [4.78, 5) is 27.2. The van der Waals surface area contributed by atoms with Crippen molar-refractivity contribution >= 4 is 34.4 Å². The van der Waals surface area contributed by atoms with Gasteiger partial charge in [-0.3, -0.25) is 4.79 Å². The number of nitrogens with one attached hydrogen (secondary N) is 1. The molecular formula is C70H65F4NO5. The molecule has 0 radical (unpaired) electrons. The highest BCUT2D eigenvalue weighted by Gasteiger charge is 2.45. The van der Waals surface area contributed by atoms with E-state index in [1.807, 2.05) is 66.7 Å². The summed E-state index contributed by atoms with van der Waals surface area (Å²) >= 11 is 0. The van der Waals surface area contributed by atoms with Gasteiger partial charge in [-0.2, -0.15) is 13.2 Å². The lowest BCUT2D eigenvalue weighted by Crippen LogP contribution is -2.35. The van der Waals surface area contributed by atoms with Crippen LogP contribution < -0.4 is 19.5 Å². The second-order valence-corrected chi connectivity index (χ2v) is 22.3. The van der Waals surface area contributed by atoms with Crippen molar-refractivity contribution in [2.75, 3.05) is 11.9 Å². The molecule has 1 atom stereocenters. The molecule has 0 bridgehead atoms. The van der Waals surface area contributed by atoms with Crippen molar-refractivity contribution in [3.05, 3.63) is 220 Å². The zero-order valence-electron chi connectivity index (χ0n) is 45.7. The van der Waals surface area contributed by atoms with Crippen molar-refractivity contribution in [1.29, 1.82) is 0 Å². The molecule has 11 rings (SSSR count). The van der Waals surface area contributed by atoms with Crippen LogP contribution in [0.3, 0.4) is 0 Å². The molecule has 1 amide bonds. The monoisotopic (exact) mass is 1080 g/mol. The van der Waals surface area contributed by atoms with E-state index in [1.54, 1.807) is 48.5 Å². The number of alkyl halides is 3. The van der Waals surface area contributed by atoms with Gasteiger partial charge in [-0.1, -0.05) is 139 Å². The highest BCUT2D eigenvalue weighted by Crippen LogP contribution is 2.59. The third-order valence-electron chi connectivity index (χ3n) is 16.8. The molecule has 1 heterocycles. The summed E-state index contributed by atoms with van der Waals surface area (Å²) in [5.41, 5.74) is 6.95. The van der Waals surface area contributed by atoms with Gasteiger partial charge in [-0.15, -0.1) is 0 Å². The molecule has 80 heavy (non-hydrogen) atoms. The highest BCUT2D eigenvalue weighted by atomic mass is 19.4. The van der Waals surface area contributed by atoms with Crippen LogP contribution in [0.15, 0.2) is 164 Å². The van der Waals surface area contributed by atoms with E-state index >= 15 is 0 Å². The van der Waals surface area contributed by atoms with Crippen LogP contribution in [0.2, 0.25) is 0 Å². The van der Waals surface area contributed by atoms with Gasteiger partial charge in [0.05, 0.1) is 17.7 Å². The van der Waals surface area contributed by atoms with E-state index in [4.69, 9.17) is 14.2 Å². The van der Waals surface area contributed by atoms with Crippen LogP contribution in [0.25, 0.3) is 39.1 Å². The van der Waals surface area contributed by atoms with Gasteiger partial charge in [0.25, 0.3) is 5.91 Å². The molecule has 0 spiro atoms. The van der Waals surface area contributed by atoms with Crippen LogP contribution in [0.4, 0.5) is 23.2 Å². The van der Waals surface area contributed by atoms with Crippen molar-refractivity contribution in [3.8, 4) is 39.5 Å². The minimum atomic E-state index is -4.66. The first kappa shape index (κ1) is 54.0. The van der Waals surface area contributed by atoms with Crippen molar-refractivity contribution in [2.24, 2.45) is 5.92 Å². The van der Waals surface area contributed by atoms with Gasteiger partial charge in [0.1, 0.15) is 23.1 Å². The molecule has 1 fully saturated rings. The summed E-state index contributed by atoms with van der Waals surface area (Å²) in [6.07, 6.45) is 11.5. The predicted octanol–water partition coefficient (Wildman–Crippen LogP) is 18.8. The molecule has 6 nitrogen and oxygen atoms in total. The molecule has 3 aliphatic rings. The largest absolute Gasteiger partial charge is 0.494 e. The third-order valence-corrected chi connectivity index (χ3v) is 16.8. The van der Waals surface area contributed by atoms with Crippen molar-refractivity contribution < 1.29 is 41.4 Å². The lowest BCUT2D eigenvalue weighted by molar-refractivity contribution is -0.137. The van der Waals surface area contributed by atoms with Crippen molar-refractivity contribution in [3.63, 3.8) is 0 Å². The summed E-state index contributed by atoms with van der Waals surface area (Å²) in [6.45, 7) is 9.04. The van der Waals surface area contributed by atoms with Gasteiger partial charge < -0.3 is 19.5 Å². The Bertz CT molecular complexity index is 3600. The first-order valence-corrected chi connectivity index (χ1v) is 28.2. The number of amides is 1. The lowest BCUT2D eigenvalue weighted by atomic mass is 9.76. The maximum atomic E-state index is 14.7. The summed E-state index contributed by atoms with van der Waals surface area (Å²) in [5, 5.41) is 3.81. The van der Waals surface area contributed by atoms with Crippen molar-refractivity contribution in [2.45, 2.75) is 115 Å². The van der Waals surface area contributed by atoms with Gasteiger partial charge >= 0.3 is 12.1 Å². The van der Waals surface area contributed by atoms with Crippen LogP contribution >= 0.6 is 0 Å². The number of esters is 1. The number of anilines is 1. The van der Waals surface area contributed by atoms with E-state index in [0.717, 1.165) is 64.3 Å². The number of fused-ring (bicyclic) bond motifs is 8. The van der Waals surface area contributed by atoms with Crippen LogP contribution in [0.1, 0.15) is 157 Å². The smallest absolute Gasteiger partial charge is 0.416 e. The zero-order chi connectivity index (χ0) is 55.8. The molecule has 0 saturated heterocycles. The standard InChI is InChI=1S/C70H65F4NO5/c1-5-7-9-10-44-11-13-45(14-12-44)46-15-17-47(18-16-46)48-19-21-50(22-20-48)67(77)79-57-33-23-49(24-34-57)66(76)75-55-32-38-62-61(43-55)63-58-37-29-53(70(72,73)74)42-60(58)65-59(64(63)68(62,3)4)39-40-69(80-65,51-25-30-54(71)31-26-51)52-27-35-56(36-28-52)78-41-8-6-2/h15-40,42-45H,5-14,41H2,1-4H3,(H,75,76). The van der Waals surface area contributed by atoms with E-state index < -0.39 is 40.4 Å². The van der Waals surface area contributed by atoms with Gasteiger partial charge in [0.2, 0.25) is 0 Å². The van der Waals surface area contributed by atoms with E-state index in [0.29, 0.717) is 57.2 Å². The Labute approximate surface area is 465 Å². The van der Waals surface area contributed by atoms with E-state index in [-0.39, 0.29) is 16.9 Å². The summed E-state index contributed by atoms with van der Waals surface area (Å²) < 4.78 is 77.5. The molecule has 8 aromatic carbocycles. The van der Waals surface area contributed by atoms with E-state index in [1.165, 1.54) is 75.1 Å². The highest BCUT2D eigenvalue weighted by molar-refractivity contribution is 6.10. The lowest BCUT2D eigenvalue weighted by Gasteiger charge is -2.38. The predicted molar refractivity (Wildman–Crippen MR) is 310 cm³/mol. The Kier molecular flexibility index (Phi) is 15.0. The molecule has 1 aliphatic heterocycles. The number of rotatable bonds is 16. The van der Waals surface area contributed by atoms with Gasteiger partial charge in [-0.25, -0.2) is 9.18 Å². The summed E-state index contributed by atoms with van der Waals surface area (Å²) in [6, 6.07) is 45.3. The Hall–Kier alpha value is -7.98. The SMILES string of the molecule is CCCCCC1CCC(c2ccc(-c3ccc(C(=O)Oc4ccc(C(=O)Nc5ccc6c(c5)-c5c(c7c(c8cc(C(F)(F)F)ccc58)OC(c5ccc(F)cc5)(c5ccc(OCCCC)cc5)C=C7)C6(C)C)cc4)cc3)cc2)CC1. The number of hydrogen-bond donors (Lipinski definition) is 1. The maximum absolute atomic E-state index is 14.7. The molecule has 2 aliphatic carbocycles. The fraction of sp³-hybridized carbons (Fsp3) is 0.286. The normalized spacial score (nSPS) is 17.9. The fourth-order valence-corrected chi connectivity index (χ4v) is 12.3. The molecular weight excluding hydrogens is 1010 g/mol. The molecule has 1 unspecified atom stereocenters. The molecule has 408 valence electrons. The summed E-state index contributed by atoms with van der Waals surface area (Å²) in [5.74, 6) is 1.32. The van der Waals surface area contributed by atoms with Crippen LogP contribution in [0, 0.1) is 11.7 Å². The molecule has 0 aromatic heterocycles. The van der Waals surface area contributed by atoms with Gasteiger partial charge in [0, 0.05) is 38.7 Å². The molecule has 8 aromatic rings. The van der Waals surface area contributed by atoms with Crippen LogP contribution in [0.5, 0.6) is 17.2 Å². The number of benzene rings is 8. The maximum Gasteiger partial charge on any atom is 0.416 e. The zero-order valence-corrected chi connectivity index (χ0v) is 45.7. The quantitative estimate of drug-likeness (QED) is 0.0452. The Morgan fingerprint density at radius 2 is 1.31 bits per heavy atom. The fourth-order valence-electron chi connectivity index (χ4n) is 12.3. The number of carbonyl (C=O) groups excluding carboxylic acids is 2. The second kappa shape index (κ2) is 22.3. The first-order chi connectivity index (χ1) is 38.6. The average Bonchev–Trinajstić information content (AvgIpc) is 3.94.